The van der Waals surface area contributed by atoms with Crippen LogP contribution in [0, 0.1) is 5.41 Å². The molecule has 0 radical (unpaired) electrons. The SMILES string of the molecule is COCC1(C(=O)N2CCN(c3ccc(O)cc3)CC2)CCNC1. The van der Waals surface area contributed by atoms with E-state index >= 15 is 0 Å². The van der Waals surface area contributed by atoms with Gasteiger partial charge in [-0.3, -0.25) is 4.79 Å². The van der Waals surface area contributed by atoms with E-state index in [1.165, 1.54) is 0 Å². The summed E-state index contributed by atoms with van der Waals surface area (Å²) in [5, 5.41) is 12.7. The van der Waals surface area contributed by atoms with Crippen LogP contribution < -0.4 is 10.2 Å². The largest absolute Gasteiger partial charge is 0.508 e. The Kier molecular flexibility index (Phi) is 4.73. The summed E-state index contributed by atoms with van der Waals surface area (Å²) >= 11 is 0. The first-order valence-corrected chi connectivity index (χ1v) is 8.18. The van der Waals surface area contributed by atoms with Crippen LogP contribution in [0.2, 0.25) is 0 Å². The van der Waals surface area contributed by atoms with Crippen molar-refractivity contribution in [2.75, 3.05) is 57.9 Å². The molecule has 0 bridgehead atoms. The lowest BCUT2D eigenvalue weighted by Crippen LogP contribution is -2.55. The Morgan fingerprint density at radius 3 is 2.52 bits per heavy atom. The molecule has 6 nitrogen and oxygen atoms in total. The number of ether oxygens (including phenoxy) is 1. The first-order chi connectivity index (χ1) is 11.1. The van der Waals surface area contributed by atoms with E-state index in [0.717, 1.165) is 44.8 Å². The van der Waals surface area contributed by atoms with Crippen molar-refractivity contribution in [1.29, 1.82) is 0 Å². The summed E-state index contributed by atoms with van der Waals surface area (Å²) in [6, 6.07) is 7.23. The molecular formula is C17H25N3O3. The first kappa shape index (κ1) is 16.1. The summed E-state index contributed by atoms with van der Waals surface area (Å²) in [6.07, 6.45) is 0.845. The van der Waals surface area contributed by atoms with Gasteiger partial charge in [0.15, 0.2) is 0 Å². The van der Waals surface area contributed by atoms with E-state index in [4.69, 9.17) is 4.74 Å². The maximum absolute atomic E-state index is 13.0. The normalized spacial score (nSPS) is 24.9. The van der Waals surface area contributed by atoms with Gasteiger partial charge in [0.25, 0.3) is 0 Å². The number of hydrogen-bond acceptors (Lipinski definition) is 5. The number of methoxy groups -OCH3 is 1. The molecule has 1 aromatic carbocycles. The monoisotopic (exact) mass is 319 g/mol. The van der Waals surface area contributed by atoms with Crippen molar-refractivity contribution >= 4 is 11.6 Å². The van der Waals surface area contributed by atoms with Gasteiger partial charge in [-0.05, 0) is 37.2 Å². The number of amides is 1. The highest BCUT2D eigenvalue weighted by Gasteiger charge is 2.44. The number of benzene rings is 1. The highest BCUT2D eigenvalue weighted by molar-refractivity contribution is 5.84. The topological polar surface area (TPSA) is 65.0 Å². The van der Waals surface area contributed by atoms with Gasteiger partial charge in [0, 0.05) is 45.5 Å². The lowest BCUT2D eigenvalue weighted by atomic mass is 9.86. The summed E-state index contributed by atoms with van der Waals surface area (Å²) in [6.45, 7) is 5.15. The van der Waals surface area contributed by atoms with Crippen LogP contribution in [0.5, 0.6) is 5.75 Å². The van der Waals surface area contributed by atoms with Crippen LogP contribution in [0.25, 0.3) is 0 Å². The molecule has 126 valence electrons. The van der Waals surface area contributed by atoms with Gasteiger partial charge in [0.05, 0.1) is 12.0 Å². The zero-order valence-corrected chi connectivity index (χ0v) is 13.6. The number of nitrogens with one attached hydrogen (secondary N) is 1. The van der Waals surface area contributed by atoms with Gasteiger partial charge >= 0.3 is 0 Å². The Labute approximate surface area is 137 Å². The van der Waals surface area contributed by atoms with E-state index in [-0.39, 0.29) is 11.7 Å². The average Bonchev–Trinajstić information content (AvgIpc) is 3.05. The predicted molar refractivity (Wildman–Crippen MR) is 88.7 cm³/mol. The molecule has 2 heterocycles. The smallest absolute Gasteiger partial charge is 0.232 e. The molecule has 1 amide bonds. The molecule has 1 atom stereocenters. The Morgan fingerprint density at radius 1 is 1.26 bits per heavy atom. The third kappa shape index (κ3) is 3.28. The zero-order valence-electron chi connectivity index (χ0n) is 13.6. The van der Waals surface area contributed by atoms with Crippen LogP contribution in [0.3, 0.4) is 0 Å². The molecule has 2 fully saturated rings. The number of aromatic hydroxyl groups is 1. The minimum atomic E-state index is -0.393. The molecule has 2 aliphatic rings. The van der Waals surface area contributed by atoms with E-state index in [1.807, 2.05) is 17.0 Å². The fraction of sp³-hybridized carbons (Fsp3) is 0.588. The van der Waals surface area contributed by atoms with Crippen molar-refractivity contribution in [3.63, 3.8) is 0 Å². The lowest BCUT2D eigenvalue weighted by Gasteiger charge is -2.40. The quantitative estimate of drug-likeness (QED) is 0.854. The first-order valence-electron chi connectivity index (χ1n) is 8.18. The van der Waals surface area contributed by atoms with Gasteiger partial charge < -0.3 is 25.0 Å². The summed E-state index contributed by atoms with van der Waals surface area (Å²) in [4.78, 5) is 17.2. The van der Waals surface area contributed by atoms with Crippen LogP contribution in [0.15, 0.2) is 24.3 Å². The summed E-state index contributed by atoms with van der Waals surface area (Å²) in [7, 11) is 1.66. The molecule has 2 aliphatic heterocycles. The van der Waals surface area contributed by atoms with E-state index in [0.29, 0.717) is 13.2 Å². The molecule has 0 spiro atoms. The number of phenolic OH excluding ortho intramolecular Hbond substituents is 1. The maximum atomic E-state index is 13.0. The molecule has 0 aliphatic carbocycles. The van der Waals surface area contributed by atoms with Crippen molar-refractivity contribution in [3.8, 4) is 5.75 Å². The fourth-order valence-electron chi connectivity index (χ4n) is 3.55. The highest BCUT2D eigenvalue weighted by atomic mass is 16.5. The average molecular weight is 319 g/mol. The molecular weight excluding hydrogens is 294 g/mol. The van der Waals surface area contributed by atoms with Gasteiger partial charge in [-0.25, -0.2) is 0 Å². The Bertz CT molecular complexity index is 533. The number of carbonyl (C=O) groups is 1. The van der Waals surface area contributed by atoms with Crippen molar-refractivity contribution in [3.05, 3.63) is 24.3 Å². The molecule has 23 heavy (non-hydrogen) atoms. The third-order valence-electron chi connectivity index (χ3n) is 4.90. The van der Waals surface area contributed by atoms with Crippen LogP contribution >= 0.6 is 0 Å². The van der Waals surface area contributed by atoms with Crippen molar-refractivity contribution in [2.45, 2.75) is 6.42 Å². The number of nitrogens with zero attached hydrogens (tertiary/aromatic N) is 2. The summed E-state index contributed by atoms with van der Waals surface area (Å²) in [5.74, 6) is 0.493. The van der Waals surface area contributed by atoms with Gasteiger partial charge in [-0.2, -0.15) is 0 Å². The number of anilines is 1. The molecule has 1 aromatic rings. The zero-order chi connectivity index (χ0) is 16.3. The fourth-order valence-corrected chi connectivity index (χ4v) is 3.55. The molecule has 2 saturated heterocycles. The second-order valence-electron chi connectivity index (χ2n) is 6.44. The van der Waals surface area contributed by atoms with Crippen molar-refractivity contribution in [1.82, 2.24) is 10.2 Å². The van der Waals surface area contributed by atoms with Crippen LogP contribution in [0.1, 0.15) is 6.42 Å². The Balaban J connectivity index is 1.62. The molecule has 0 aromatic heterocycles. The third-order valence-corrected chi connectivity index (χ3v) is 4.90. The predicted octanol–water partition coefficient (Wildman–Crippen LogP) is 0.667. The standard InChI is InChI=1S/C17H25N3O3/c1-23-13-17(6-7-18-12-17)16(22)20-10-8-19(9-11-20)14-2-4-15(21)5-3-14/h2-5,18,21H,6-13H2,1H3. The molecule has 0 saturated carbocycles. The maximum Gasteiger partial charge on any atom is 0.232 e. The molecule has 3 rings (SSSR count). The molecule has 6 heteroatoms. The number of piperazine rings is 1. The Morgan fingerprint density at radius 2 is 1.96 bits per heavy atom. The minimum Gasteiger partial charge on any atom is -0.508 e. The highest BCUT2D eigenvalue weighted by Crippen LogP contribution is 2.29. The molecule has 2 N–H and O–H groups in total. The van der Waals surface area contributed by atoms with E-state index in [9.17, 15) is 9.90 Å². The summed E-state index contributed by atoms with van der Waals surface area (Å²) in [5.41, 5.74) is 0.694. The number of carbonyl (C=O) groups excluding carboxylic acids is 1. The van der Waals surface area contributed by atoms with Crippen LogP contribution in [0.4, 0.5) is 5.69 Å². The number of phenols is 1. The minimum absolute atomic E-state index is 0.217. The van der Waals surface area contributed by atoms with Crippen molar-refractivity contribution in [2.24, 2.45) is 5.41 Å². The van der Waals surface area contributed by atoms with E-state index in [1.54, 1.807) is 19.2 Å². The Hall–Kier alpha value is -1.79. The van der Waals surface area contributed by atoms with Crippen molar-refractivity contribution < 1.29 is 14.6 Å². The van der Waals surface area contributed by atoms with E-state index < -0.39 is 5.41 Å². The van der Waals surface area contributed by atoms with Crippen LogP contribution in [-0.2, 0) is 9.53 Å². The number of hydrogen-bond donors (Lipinski definition) is 2. The van der Waals surface area contributed by atoms with Gasteiger partial charge in [-0.1, -0.05) is 0 Å². The molecule has 1 unspecified atom stereocenters. The van der Waals surface area contributed by atoms with Crippen LogP contribution in [-0.4, -0.2) is 68.9 Å². The lowest BCUT2D eigenvalue weighted by molar-refractivity contribution is -0.144. The second-order valence-corrected chi connectivity index (χ2v) is 6.44. The van der Waals surface area contributed by atoms with Gasteiger partial charge in [-0.15, -0.1) is 0 Å². The summed E-state index contributed by atoms with van der Waals surface area (Å²) < 4.78 is 5.32. The van der Waals surface area contributed by atoms with E-state index in [2.05, 4.69) is 10.2 Å². The van der Waals surface area contributed by atoms with Gasteiger partial charge in [0.2, 0.25) is 5.91 Å². The van der Waals surface area contributed by atoms with Gasteiger partial charge in [0.1, 0.15) is 5.75 Å². The number of rotatable bonds is 4. The second kappa shape index (κ2) is 6.76.